The zero-order valence-electron chi connectivity index (χ0n) is 32.8. The predicted octanol–water partition coefficient (Wildman–Crippen LogP) is -1.16. The Morgan fingerprint density at radius 2 is 0.422 bits per heavy atom. The molecule has 0 aliphatic heterocycles. The van der Waals surface area contributed by atoms with E-state index in [0.29, 0.717) is 0 Å². The first-order chi connectivity index (χ1) is 18.5. The van der Waals surface area contributed by atoms with Crippen LogP contribution in [-0.4, -0.2) is 71.1 Å². The van der Waals surface area contributed by atoms with Crippen LogP contribution in [0.2, 0.25) is 0 Å². The van der Waals surface area contributed by atoms with E-state index in [1.165, 1.54) is 0 Å². The Morgan fingerprint density at radius 1 is 0.400 bits per heavy atom. The van der Waals surface area contributed by atoms with E-state index in [0.717, 1.165) is 0 Å². The summed E-state index contributed by atoms with van der Waals surface area (Å²) < 4.78 is 0. The zero-order valence-corrected chi connectivity index (χ0v) is 37.7. The van der Waals surface area contributed by atoms with Gasteiger partial charge in [-0.1, -0.05) is 118 Å². The fraction of sp³-hybridized carbons (Fsp3) is 0.969. The van der Waals surface area contributed by atoms with E-state index in [-0.39, 0.29) is 64.6 Å². The molecule has 0 aliphatic rings. The molecular weight excluding hydrogens is 743 g/mol. The van der Waals surface area contributed by atoms with Gasteiger partial charge in [0, 0.05) is 23.6 Å². The Balaban J connectivity index is -0.0000000269. The molecule has 0 saturated heterocycles. The topological polar surface area (TPSA) is 242 Å². The van der Waals surface area contributed by atoms with Crippen LogP contribution in [0.4, 0.5) is 0 Å². The summed E-state index contributed by atoms with van der Waals surface area (Å²) in [6, 6.07) is 0. The Morgan fingerprint density at radius 3 is 0.422 bits per heavy atom. The van der Waals surface area contributed by atoms with Crippen LogP contribution in [-0.2, 0) is 57.2 Å². The maximum absolute atomic E-state index is 9.91. The smallest absolute Gasteiger partial charge is 0.852 e. The van der Waals surface area contributed by atoms with Crippen molar-refractivity contribution in [2.45, 2.75) is 200 Å². The molecule has 0 spiro atoms. The molecule has 13 heteroatoms. The van der Waals surface area contributed by atoms with Gasteiger partial charge in [-0.15, -0.1) is 42.7 Å². The molecule has 0 aromatic rings. The normalized spacial score (nSPS) is 8.96. The number of hydrogen-bond acceptors (Lipinski definition) is 11. The molecule has 11 nitrogen and oxygen atoms in total. The van der Waals surface area contributed by atoms with Crippen LogP contribution in [0.25, 0.3) is 0 Å². The number of aliphatic hydroxyl groups is 2. The van der Waals surface area contributed by atoms with E-state index in [4.69, 9.17) is 10.2 Å². The van der Waals surface area contributed by atoms with Gasteiger partial charge >= 0.3 is 52.4 Å². The molecule has 0 unspecified atom stereocenters. The quantitative estimate of drug-likeness (QED) is 0.295. The van der Waals surface area contributed by atoms with Crippen molar-refractivity contribution < 1.29 is 108 Å². The van der Waals surface area contributed by atoms with Crippen LogP contribution in [0.3, 0.4) is 0 Å². The maximum Gasteiger partial charge on any atom is 4.00 e. The molecule has 276 valence electrons. The van der Waals surface area contributed by atoms with Gasteiger partial charge in [0.05, 0.1) is 0 Å². The van der Waals surface area contributed by atoms with Crippen molar-refractivity contribution in [2.75, 3.05) is 0 Å². The first kappa shape index (κ1) is 80.5. The van der Waals surface area contributed by atoms with Crippen LogP contribution >= 0.6 is 0 Å². The molecule has 0 saturated carbocycles. The SMILES string of the molecule is CC(C)(C)C(=O)[O-].CC(C)O.CC(C)O.CC(C)[O-].CC(C)[O-].CC(C)[O-].CC(C)[O-].CC(C)[O-].CC(C)[O-].CC(C)[O-].[Zr+4].[Zr+4]. The fourth-order valence-electron chi connectivity index (χ4n) is 0. The second kappa shape index (κ2) is 63.5. The van der Waals surface area contributed by atoms with Crippen molar-refractivity contribution in [3.8, 4) is 0 Å². The van der Waals surface area contributed by atoms with Gasteiger partial charge in [0.15, 0.2) is 0 Å². The molecule has 0 aromatic carbocycles. The third-order valence-corrected chi connectivity index (χ3v) is 0.612. The molecule has 0 rings (SSSR count). The summed E-state index contributed by atoms with van der Waals surface area (Å²) in [5, 5.41) is 92.7. The summed E-state index contributed by atoms with van der Waals surface area (Å²) in [5.41, 5.74) is -0.694. The number of carboxylic acid groups (broad SMARTS) is 1. The van der Waals surface area contributed by atoms with E-state index >= 15 is 0 Å². The van der Waals surface area contributed by atoms with Gasteiger partial charge in [-0.3, -0.25) is 0 Å². The van der Waals surface area contributed by atoms with E-state index in [9.17, 15) is 45.6 Å². The Hall–Kier alpha value is 0.876. The fourth-order valence-corrected chi connectivity index (χ4v) is 0. The van der Waals surface area contributed by atoms with Crippen molar-refractivity contribution in [1.82, 2.24) is 0 Å². The molecule has 0 aromatic heterocycles. The van der Waals surface area contributed by atoms with Gasteiger partial charge in [0.1, 0.15) is 0 Å². The molecule has 0 aliphatic carbocycles. The summed E-state index contributed by atoms with van der Waals surface area (Å²) >= 11 is 0. The van der Waals surface area contributed by atoms with Gasteiger partial charge in [0.25, 0.3) is 0 Å². The van der Waals surface area contributed by atoms with E-state index in [1.54, 1.807) is 145 Å². The van der Waals surface area contributed by atoms with Crippen molar-refractivity contribution in [2.24, 2.45) is 5.41 Å². The first-order valence-electron chi connectivity index (χ1n) is 14.7. The van der Waals surface area contributed by atoms with Crippen molar-refractivity contribution in [1.29, 1.82) is 0 Å². The number of carboxylic acids is 1. The molecule has 45 heavy (non-hydrogen) atoms. The number of carbonyl (C=O) groups is 1. The van der Waals surface area contributed by atoms with Crippen LogP contribution in [0.1, 0.15) is 145 Å². The van der Waals surface area contributed by atoms with E-state index < -0.39 is 54.1 Å². The van der Waals surface area contributed by atoms with Crippen LogP contribution in [0.15, 0.2) is 0 Å². The average Bonchev–Trinajstić information content (AvgIpc) is 2.55. The van der Waals surface area contributed by atoms with Crippen LogP contribution in [0, 0.1) is 5.41 Å². The minimum absolute atomic E-state index is 0. The number of rotatable bonds is 0. The van der Waals surface area contributed by atoms with Gasteiger partial charge < -0.3 is 55.9 Å². The number of aliphatic carboxylic acids is 1. The molecule has 0 heterocycles. The average molecular weight is 817 g/mol. The van der Waals surface area contributed by atoms with E-state index in [2.05, 4.69) is 0 Å². The van der Waals surface area contributed by atoms with Crippen LogP contribution < -0.4 is 40.9 Å². The Kier molecular flexibility index (Phi) is 114. The van der Waals surface area contributed by atoms with E-state index in [1.807, 2.05) is 0 Å². The molecule has 0 atom stereocenters. The molecule has 0 fully saturated rings. The van der Waals surface area contributed by atoms with Crippen molar-refractivity contribution >= 4 is 5.97 Å². The van der Waals surface area contributed by atoms with Gasteiger partial charge in [-0.25, -0.2) is 0 Å². The van der Waals surface area contributed by atoms with Gasteiger partial charge in [-0.05, 0) is 27.7 Å². The number of carbonyl (C=O) groups excluding carboxylic acids is 1. The molecule has 0 amide bonds. The number of aliphatic hydroxyl groups excluding tert-OH is 2. The summed E-state index contributed by atoms with van der Waals surface area (Å²) in [4.78, 5) is 9.91. The summed E-state index contributed by atoms with van der Waals surface area (Å²) in [6.07, 6.45) is -3.25. The van der Waals surface area contributed by atoms with Gasteiger partial charge in [-0.2, -0.15) is 0 Å². The number of hydrogen-bond donors (Lipinski definition) is 2. The Labute approximate surface area is 318 Å². The zero-order chi connectivity index (χ0) is 38.3. The standard InChI is InChI=1S/C5H10O2.2C3H8O.7C3H7O.2Zr/c1-5(2,3)4(6)7;9*1-3(2)4;;/h1-3H3,(H,6,7);2*3-4H,1-2H3;7*3H,1-2H3;;/q;;;7*-1;2*+4/p-1. The summed E-state index contributed by atoms with van der Waals surface area (Å²) in [7, 11) is 0. The second-order valence-electron chi connectivity index (χ2n) is 12.1. The Bertz CT molecular complexity index is 317. The monoisotopic (exact) mass is 814 g/mol. The third-order valence-electron chi connectivity index (χ3n) is 0.612. The minimum atomic E-state index is -1.01. The van der Waals surface area contributed by atoms with Crippen molar-refractivity contribution in [3.05, 3.63) is 0 Å². The predicted molar refractivity (Wildman–Crippen MR) is 165 cm³/mol. The largest absolute Gasteiger partial charge is 4.00 e. The van der Waals surface area contributed by atoms with Crippen molar-refractivity contribution in [3.63, 3.8) is 0 Å². The molecular formula is C32H74O11Zr2. The molecule has 0 radical (unpaired) electrons. The second-order valence-corrected chi connectivity index (χ2v) is 12.1. The summed E-state index contributed by atoms with van der Waals surface area (Å²) in [6.45, 7) is 34.2. The van der Waals surface area contributed by atoms with Gasteiger partial charge in [0.2, 0.25) is 0 Å². The van der Waals surface area contributed by atoms with Crippen LogP contribution in [0.5, 0.6) is 0 Å². The third kappa shape index (κ3) is 1740. The molecule has 0 bridgehead atoms. The maximum atomic E-state index is 9.91. The molecule has 2 N–H and O–H groups in total. The summed E-state index contributed by atoms with van der Waals surface area (Å²) in [5.74, 6) is -1.01. The first-order valence-corrected chi connectivity index (χ1v) is 14.7. The minimum Gasteiger partial charge on any atom is -0.852 e.